The van der Waals surface area contributed by atoms with Crippen LogP contribution in [-0.2, 0) is 6.18 Å². The fraction of sp³-hybridized carbons (Fsp3) is 0.429. The summed E-state index contributed by atoms with van der Waals surface area (Å²) >= 11 is 0. The summed E-state index contributed by atoms with van der Waals surface area (Å²) in [5, 5.41) is 2.68. The molecule has 0 radical (unpaired) electrons. The van der Waals surface area contributed by atoms with Crippen LogP contribution in [0.3, 0.4) is 0 Å². The van der Waals surface area contributed by atoms with Gasteiger partial charge in [-0.1, -0.05) is 0 Å². The molecular weight excluding hydrogens is 297 g/mol. The van der Waals surface area contributed by atoms with Crippen LogP contribution in [0.25, 0.3) is 5.65 Å². The molecule has 1 amide bonds. The molecule has 5 nitrogen and oxygen atoms in total. The maximum atomic E-state index is 12.8. The zero-order valence-corrected chi connectivity index (χ0v) is 12.5. The topological polar surface area (TPSA) is 49.6 Å². The van der Waals surface area contributed by atoms with Crippen molar-refractivity contribution in [2.75, 3.05) is 27.2 Å². The molecule has 0 aliphatic rings. The Balaban J connectivity index is 2.36. The number of likely N-dealkylation sites (N-methyl/N-ethyl adjacent to an activating group) is 1. The van der Waals surface area contributed by atoms with Crippen LogP contribution >= 0.6 is 0 Å². The number of amides is 1. The predicted molar refractivity (Wildman–Crippen MR) is 75.8 cm³/mol. The number of aryl methyl sites for hydroxylation is 1. The number of nitrogens with zero attached hydrogens (tertiary/aromatic N) is 3. The largest absolute Gasteiger partial charge is 0.417 e. The number of imidazole rings is 1. The second kappa shape index (κ2) is 5.96. The van der Waals surface area contributed by atoms with Gasteiger partial charge in [0.2, 0.25) is 0 Å². The first-order valence-electron chi connectivity index (χ1n) is 6.69. The summed E-state index contributed by atoms with van der Waals surface area (Å²) in [6, 6.07) is 2.21. The minimum Gasteiger partial charge on any atom is -0.349 e. The highest BCUT2D eigenvalue weighted by atomic mass is 19.4. The summed E-state index contributed by atoms with van der Waals surface area (Å²) < 4.78 is 39.6. The average Bonchev–Trinajstić information content (AvgIpc) is 2.71. The van der Waals surface area contributed by atoms with Gasteiger partial charge in [0.1, 0.15) is 11.3 Å². The van der Waals surface area contributed by atoms with E-state index in [0.717, 1.165) is 12.3 Å². The van der Waals surface area contributed by atoms with Gasteiger partial charge in [-0.05, 0) is 33.2 Å². The normalized spacial score (nSPS) is 12.1. The van der Waals surface area contributed by atoms with Crippen LogP contribution < -0.4 is 5.32 Å². The minimum atomic E-state index is -4.47. The Morgan fingerprint density at radius 1 is 1.36 bits per heavy atom. The lowest BCUT2D eigenvalue weighted by Crippen LogP contribution is -2.32. The molecule has 0 unspecified atom stereocenters. The smallest absolute Gasteiger partial charge is 0.349 e. The third kappa shape index (κ3) is 3.38. The van der Waals surface area contributed by atoms with Crippen LogP contribution in [0.4, 0.5) is 13.2 Å². The Hall–Kier alpha value is -2.09. The Labute approximate surface area is 125 Å². The molecule has 2 aromatic heterocycles. The summed E-state index contributed by atoms with van der Waals surface area (Å²) in [5.74, 6) is -0.439. The molecule has 0 bridgehead atoms. The van der Waals surface area contributed by atoms with Crippen molar-refractivity contribution >= 4 is 11.6 Å². The van der Waals surface area contributed by atoms with E-state index in [1.54, 1.807) is 6.92 Å². The lowest BCUT2D eigenvalue weighted by molar-refractivity contribution is -0.137. The van der Waals surface area contributed by atoms with Crippen molar-refractivity contribution in [3.63, 3.8) is 0 Å². The molecule has 0 fully saturated rings. The Kier molecular flexibility index (Phi) is 4.41. The van der Waals surface area contributed by atoms with Crippen molar-refractivity contribution in [2.24, 2.45) is 0 Å². The molecule has 1 N–H and O–H groups in total. The SMILES string of the molecule is Cc1nc2ccc(C(F)(F)F)cn2c1C(=O)NCCN(C)C. The van der Waals surface area contributed by atoms with E-state index in [0.29, 0.717) is 24.4 Å². The molecule has 120 valence electrons. The third-order valence-corrected chi connectivity index (χ3v) is 3.18. The zero-order valence-electron chi connectivity index (χ0n) is 12.5. The zero-order chi connectivity index (χ0) is 16.5. The summed E-state index contributed by atoms with van der Waals surface area (Å²) in [5.41, 5.74) is 0.00420. The van der Waals surface area contributed by atoms with Crippen LogP contribution in [0.2, 0.25) is 0 Å². The lowest BCUT2D eigenvalue weighted by atomic mass is 10.2. The Bertz CT molecular complexity index is 691. The van der Waals surface area contributed by atoms with Gasteiger partial charge in [0.25, 0.3) is 5.91 Å². The van der Waals surface area contributed by atoms with Crippen molar-refractivity contribution in [3.8, 4) is 0 Å². The monoisotopic (exact) mass is 314 g/mol. The maximum absolute atomic E-state index is 12.8. The molecule has 0 spiro atoms. The van der Waals surface area contributed by atoms with Gasteiger partial charge in [0.05, 0.1) is 11.3 Å². The lowest BCUT2D eigenvalue weighted by Gasteiger charge is -2.11. The Morgan fingerprint density at radius 3 is 2.64 bits per heavy atom. The number of pyridine rings is 1. The molecule has 0 saturated heterocycles. The molecule has 0 aliphatic carbocycles. The average molecular weight is 314 g/mol. The van der Waals surface area contributed by atoms with Gasteiger partial charge in [0, 0.05) is 19.3 Å². The number of hydrogen-bond donors (Lipinski definition) is 1. The van der Waals surface area contributed by atoms with Crippen LogP contribution in [0.15, 0.2) is 18.3 Å². The predicted octanol–water partition coefficient (Wildman–Crippen LogP) is 1.95. The first-order chi connectivity index (χ1) is 10.2. The highest BCUT2D eigenvalue weighted by Crippen LogP contribution is 2.29. The fourth-order valence-electron chi connectivity index (χ4n) is 2.08. The van der Waals surface area contributed by atoms with Crippen LogP contribution in [0, 0.1) is 6.92 Å². The number of halogens is 3. The number of rotatable bonds is 4. The van der Waals surface area contributed by atoms with Crippen molar-refractivity contribution in [1.29, 1.82) is 0 Å². The second-order valence-electron chi connectivity index (χ2n) is 5.25. The first-order valence-corrected chi connectivity index (χ1v) is 6.69. The number of aromatic nitrogens is 2. The maximum Gasteiger partial charge on any atom is 0.417 e. The van der Waals surface area contributed by atoms with E-state index >= 15 is 0 Å². The number of carbonyl (C=O) groups excluding carboxylic acids is 1. The molecule has 0 aromatic carbocycles. The summed E-state index contributed by atoms with van der Waals surface area (Å²) in [6.07, 6.45) is -3.57. The van der Waals surface area contributed by atoms with Gasteiger partial charge >= 0.3 is 6.18 Å². The minimum absolute atomic E-state index is 0.125. The molecule has 8 heteroatoms. The molecule has 2 rings (SSSR count). The number of nitrogens with one attached hydrogen (secondary N) is 1. The molecular formula is C14H17F3N4O. The van der Waals surface area contributed by atoms with Crippen molar-refractivity contribution in [3.05, 3.63) is 35.3 Å². The van der Waals surface area contributed by atoms with Gasteiger partial charge in [-0.25, -0.2) is 4.98 Å². The molecule has 2 heterocycles. The van der Waals surface area contributed by atoms with E-state index in [1.165, 1.54) is 10.5 Å². The molecule has 0 saturated carbocycles. The van der Waals surface area contributed by atoms with Gasteiger partial charge in [-0.15, -0.1) is 0 Å². The highest BCUT2D eigenvalue weighted by Gasteiger charge is 2.31. The number of hydrogen-bond acceptors (Lipinski definition) is 3. The second-order valence-corrected chi connectivity index (χ2v) is 5.25. The number of carbonyl (C=O) groups is 1. The van der Waals surface area contributed by atoms with E-state index in [1.807, 2.05) is 19.0 Å². The molecule has 2 aromatic rings. The van der Waals surface area contributed by atoms with E-state index in [9.17, 15) is 18.0 Å². The quantitative estimate of drug-likeness (QED) is 0.938. The van der Waals surface area contributed by atoms with Crippen LogP contribution in [0.5, 0.6) is 0 Å². The van der Waals surface area contributed by atoms with Crippen LogP contribution in [-0.4, -0.2) is 47.4 Å². The van der Waals surface area contributed by atoms with E-state index in [2.05, 4.69) is 10.3 Å². The summed E-state index contributed by atoms with van der Waals surface area (Å²) in [4.78, 5) is 18.2. The first kappa shape index (κ1) is 16.3. The van der Waals surface area contributed by atoms with E-state index < -0.39 is 17.6 Å². The van der Waals surface area contributed by atoms with Gasteiger partial charge < -0.3 is 10.2 Å². The molecule has 0 atom stereocenters. The van der Waals surface area contributed by atoms with Crippen molar-refractivity contribution < 1.29 is 18.0 Å². The molecule has 22 heavy (non-hydrogen) atoms. The van der Waals surface area contributed by atoms with Crippen LogP contribution in [0.1, 0.15) is 21.7 Å². The number of alkyl halides is 3. The van der Waals surface area contributed by atoms with E-state index in [-0.39, 0.29) is 5.69 Å². The van der Waals surface area contributed by atoms with Gasteiger partial charge in [0.15, 0.2) is 0 Å². The van der Waals surface area contributed by atoms with Gasteiger partial charge in [-0.2, -0.15) is 13.2 Å². The third-order valence-electron chi connectivity index (χ3n) is 3.18. The molecule has 0 aliphatic heterocycles. The van der Waals surface area contributed by atoms with Gasteiger partial charge in [-0.3, -0.25) is 9.20 Å². The summed E-state index contributed by atoms with van der Waals surface area (Å²) in [7, 11) is 3.72. The summed E-state index contributed by atoms with van der Waals surface area (Å²) in [6.45, 7) is 2.63. The van der Waals surface area contributed by atoms with Crippen molar-refractivity contribution in [2.45, 2.75) is 13.1 Å². The standard InChI is InChI=1S/C14H17F3N4O/c1-9-12(13(22)18-6-7-20(2)3)21-8-10(14(15,16)17)4-5-11(21)19-9/h4-5,8H,6-7H2,1-3H3,(H,18,22). The number of fused-ring (bicyclic) bond motifs is 1. The fourth-order valence-corrected chi connectivity index (χ4v) is 2.08. The van der Waals surface area contributed by atoms with E-state index in [4.69, 9.17) is 0 Å². The van der Waals surface area contributed by atoms with Crippen molar-refractivity contribution in [1.82, 2.24) is 19.6 Å². The highest BCUT2D eigenvalue weighted by molar-refractivity contribution is 5.94. The Morgan fingerprint density at radius 2 is 2.05 bits per heavy atom.